The highest BCUT2D eigenvalue weighted by Gasteiger charge is 2.15. The van der Waals surface area contributed by atoms with E-state index in [9.17, 15) is 8.42 Å². The fourth-order valence-corrected chi connectivity index (χ4v) is 4.17. The molecule has 0 radical (unpaired) electrons. The quantitative estimate of drug-likeness (QED) is 0.357. The third-order valence-corrected chi connectivity index (χ3v) is 6.38. The Morgan fingerprint density at radius 1 is 0.970 bits per heavy atom. The molecular formula is C21H20ClN5O5S. The number of hydrogen-bond donors (Lipinski definition) is 1. The Morgan fingerprint density at radius 2 is 1.73 bits per heavy atom. The van der Waals surface area contributed by atoms with Gasteiger partial charge >= 0.3 is 0 Å². The molecule has 0 fully saturated rings. The van der Waals surface area contributed by atoms with Crippen LogP contribution in [0.25, 0.3) is 17.0 Å². The van der Waals surface area contributed by atoms with Crippen LogP contribution in [0.3, 0.4) is 0 Å². The molecule has 0 aliphatic carbocycles. The maximum absolute atomic E-state index is 12.3. The molecule has 0 bridgehead atoms. The Kier molecular flexibility index (Phi) is 6.63. The summed E-state index contributed by atoms with van der Waals surface area (Å²) in [5, 5.41) is 13.2. The number of aromatic nitrogens is 4. The second-order valence-electron chi connectivity index (χ2n) is 6.74. The van der Waals surface area contributed by atoms with Crippen LogP contribution in [-0.2, 0) is 10.0 Å². The minimum Gasteiger partial charge on any atom is -0.493 e. The molecule has 0 saturated heterocycles. The van der Waals surface area contributed by atoms with Crippen LogP contribution in [0.2, 0.25) is 5.02 Å². The van der Waals surface area contributed by atoms with Crippen LogP contribution in [0.1, 0.15) is 0 Å². The van der Waals surface area contributed by atoms with E-state index < -0.39 is 10.0 Å². The summed E-state index contributed by atoms with van der Waals surface area (Å²) in [6.07, 6.45) is 0. The summed E-state index contributed by atoms with van der Waals surface area (Å²) in [6.45, 7) is 0.120. The minimum atomic E-state index is -3.67. The van der Waals surface area contributed by atoms with Gasteiger partial charge in [0.25, 0.3) is 0 Å². The molecule has 0 spiro atoms. The molecule has 172 valence electrons. The summed E-state index contributed by atoms with van der Waals surface area (Å²) in [4.78, 5) is 0.121. The van der Waals surface area contributed by atoms with Gasteiger partial charge in [0.1, 0.15) is 6.61 Å². The first-order valence-electron chi connectivity index (χ1n) is 9.74. The first kappa shape index (κ1) is 22.8. The second kappa shape index (κ2) is 9.61. The first-order chi connectivity index (χ1) is 15.9. The van der Waals surface area contributed by atoms with Gasteiger partial charge in [-0.1, -0.05) is 11.6 Å². The summed E-state index contributed by atoms with van der Waals surface area (Å²) in [5.41, 5.74) is 1.25. The van der Waals surface area contributed by atoms with Crippen LogP contribution in [0.5, 0.6) is 17.4 Å². The zero-order valence-electron chi connectivity index (χ0n) is 17.7. The average Bonchev–Trinajstić information content (AvgIpc) is 3.25. The Balaban J connectivity index is 1.46. The summed E-state index contributed by atoms with van der Waals surface area (Å²) >= 11 is 5.80. The first-order valence-corrected chi connectivity index (χ1v) is 11.6. The Labute approximate surface area is 195 Å². The number of hydrogen-bond acceptors (Lipinski definition) is 8. The standard InChI is InChI=1S/C21H20ClN5O5S/c1-30-17-8-3-14(13-18(17)31-2)21-25-24-19-9-10-20(26-27(19)21)32-12-11-23-33(28,29)16-6-4-15(22)5-7-16/h3-10,13,23H,11-12H2,1-2H3. The molecule has 0 amide bonds. The number of sulfonamides is 1. The Hall–Kier alpha value is -3.41. The summed E-state index contributed by atoms with van der Waals surface area (Å²) in [6, 6.07) is 14.6. The zero-order valence-corrected chi connectivity index (χ0v) is 19.3. The van der Waals surface area contributed by atoms with Crippen molar-refractivity contribution in [1.29, 1.82) is 0 Å². The summed E-state index contributed by atoms with van der Waals surface area (Å²) in [7, 11) is -0.558. The van der Waals surface area contributed by atoms with Crippen molar-refractivity contribution in [2.24, 2.45) is 0 Å². The lowest BCUT2D eigenvalue weighted by Gasteiger charge is -2.09. The number of ether oxygens (including phenoxy) is 3. The van der Waals surface area contributed by atoms with Gasteiger partial charge in [-0.25, -0.2) is 13.1 Å². The Morgan fingerprint density at radius 3 is 2.45 bits per heavy atom. The number of halogens is 1. The van der Waals surface area contributed by atoms with E-state index in [1.54, 1.807) is 38.5 Å². The molecule has 0 saturated carbocycles. The molecule has 0 aliphatic heterocycles. The van der Waals surface area contributed by atoms with Gasteiger partial charge in [0.15, 0.2) is 23.0 Å². The van der Waals surface area contributed by atoms with E-state index in [0.29, 0.717) is 28.0 Å². The second-order valence-corrected chi connectivity index (χ2v) is 8.94. The fourth-order valence-electron chi connectivity index (χ4n) is 3.03. The van der Waals surface area contributed by atoms with Gasteiger partial charge in [0.05, 0.1) is 19.1 Å². The van der Waals surface area contributed by atoms with Crippen LogP contribution < -0.4 is 18.9 Å². The van der Waals surface area contributed by atoms with Crippen molar-refractivity contribution in [3.63, 3.8) is 0 Å². The maximum Gasteiger partial charge on any atom is 0.240 e. The molecule has 1 N–H and O–H groups in total. The highest BCUT2D eigenvalue weighted by Crippen LogP contribution is 2.31. The van der Waals surface area contributed by atoms with E-state index >= 15 is 0 Å². The number of benzene rings is 2. The SMILES string of the molecule is COc1ccc(-c2nnc3ccc(OCCNS(=O)(=O)c4ccc(Cl)cc4)nn23)cc1OC. The fraction of sp³-hybridized carbons (Fsp3) is 0.190. The highest BCUT2D eigenvalue weighted by atomic mass is 35.5. The smallest absolute Gasteiger partial charge is 0.240 e. The maximum atomic E-state index is 12.3. The highest BCUT2D eigenvalue weighted by molar-refractivity contribution is 7.89. The monoisotopic (exact) mass is 489 g/mol. The van der Waals surface area contributed by atoms with Crippen molar-refractivity contribution in [3.8, 4) is 28.8 Å². The molecule has 4 rings (SSSR count). The largest absolute Gasteiger partial charge is 0.493 e. The molecule has 33 heavy (non-hydrogen) atoms. The van der Waals surface area contributed by atoms with Crippen LogP contribution in [0.4, 0.5) is 0 Å². The van der Waals surface area contributed by atoms with E-state index in [-0.39, 0.29) is 23.9 Å². The summed E-state index contributed by atoms with van der Waals surface area (Å²) < 4.78 is 44.9. The number of rotatable bonds is 9. The predicted molar refractivity (Wildman–Crippen MR) is 121 cm³/mol. The normalized spacial score (nSPS) is 11.5. The molecule has 2 aromatic carbocycles. The molecule has 10 nitrogen and oxygen atoms in total. The van der Waals surface area contributed by atoms with E-state index in [2.05, 4.69) is 20.0 Å². The molecule has 12 heteroatoms. The number of nitrogens with one attached hydrogen (secondary N) is 1. The van der Waals surface area contributed by atoms with Crippen LogP contribution in [-0.4, -0.2) is 55.6 Å². The Bertz CT molecular complexity index is 1380. The number of methoxy groups -OCH3 is 2. The lowest BCUT2D eigenvalue weighted by atomic mass is 10.2. The van der Waals surface area contributed by atoms with Crippen LogP contribution in [0.15, 0.2) is 59.5 Å². The van der Waals surface area contributed by atoms with Gasteiger partial charge < -0.3 is 14.2 Å². The third-order valence-electron chi connectivity index (χ3n) is 4.65. The lowest BCUT2D eigenvalue weighted by Crippen LogP contribution is -2.28. The van der Waals surface area contributed by atoms with Gasteiger partial charge in [-0.2, -0.15) is 4.52 Å². The third kappa shape index (κ3) is 5.00. The molecular weight excluding hydrogens is 470 g/mol. The minimum absolute atomic E-state index is 0.0510. The van der Waals surface area contributed by atoms with E-state index in [0.717, 1.165) is 5.56 Å². The van der Waals surface area contributed by atoms with Crippen molar-refractivity contribution in [2.45, 2.75) is 4.90 Å². The topological polar surface area (TPSA) is 117 Å². The van der Waals surface area contributed by atoms with Crippen molar-refractivity contribution >= 4 is 27.3 Å². The number of fused-ring (bicyclic) bond motifs is 1. The van der Waals surface area contributed by atoms with Crippen molar-refractivity contribution < 1.29 is 22.6 Å². The molecule has 0 unspecified atom stereocenters. The van der Waals surface area contributed by atoms with Gasteiger partial charge in [-0.3, -0.25) is 0 Å². The number of nitrogens with zero attached hydrogens (tertiary/aromatic N) is 4. The van der Waals surface area contributed by atoms with E-state index in [4.69, 9.17) is 25.8 Å². The molecule has 4 aromatic rings. The molecule has 0 atom stereocenters. The van der Waals surface area contributed by atoms with Crippen LogP contribution >= 0.6 is 11.6 Å². The van der Waals surface area contributed by atoms with Crippen molar-refractivity contribution in [2.75, 3.05) is 27.4 Å². The zero-order chi connectivity index (χ0) is 23.4. The average molecular weight is 490 g/mol. The predicted octanol–water partition coefficient (Wildman–Crippen LogP) is 2.82. The van der Waals surface area contributed by atoms with Crippen molar-refractivity contribution in [1.82, 2.24) is 24.5 Å². The van der Waals surface area contributed by atoms with Gasteiger partial charge in [0.2, 0.25) is 15.9 Å². The van der Waals surface area contributed by atoms with Gasteiger partial charge in [0, 0.05) is 23.2 Å². The van der Waals surface area contributed by atoms with Gasteiger partial charge in [-0.15, -0.1) is 15.3 Å². The van der Waals surface area contributed by atoms with Gasteiger partial charge in [-0.05, 0) is 48.5 Å². The molecule has 2 aromatic heterocycles. The van der Waals surface area contributed by atoms with Crippen LogP contribution in [0, 0.1) is 0 Å². The lowest BCUT2D eigenvalue weighted by molar-refractivity contribution is 0.306. The molecule has 0 aliphatic rings. The van der Waals surface area contributed by atoms with E-state index in [1.807, 2.05) is 6.07 Å². The van der Waals surface area contributed by atoms with E-state index in [1.165, 1.54) is 28.8 Å². The van der Waals surface area contributed by atoms with Crippen molar-refractivity contribution in [3.05, 3.63) is 59.6 Å². The summed E-state index contributed by atoms with van der Waals surface area (Å²) in [5.74, 6) is 1.91. The molecule has 2 heterocycles.